The fourth-order valence-electron chi connectivity index (χ4n) is 1.72. The van der Waals surface area contributed by atoms with Crippen molar-refractivity contribution < 1.29 is 4.79 Å². The van der Waals surface area contributed by atoms with E-state index >= 15 is 0 Å². The molecule has 5 heteroatoms. The Bertz CT molecular complexity index is 390. The highest BCUT2D eigenvalue weighted by molar-refractivity contribution is 7.10. The molecule has 0 spiro atoms. The topological polar surface area (TPSA) is 32.3 Å². The number of rotatable bonds is 6. The van der Waals surface area contributed by atoms with Crippen LogP contribution in [0.15, 0.2) is 11.4 Å². The first-order valence-electron chi connectivity index (χ1n) is 6.07. The molecule has 0 fully saturated rings. The lowest BCUT2D eigenvalue weighted by atomic mass is 10.0. The average Bonchev–Trinajstić information content (AvgIpc) is 2.68. The summed E-state index contributed by atoms with van der Waals surface area (Å²) in [5.74, 6) is 0.615. The molecule has 0 saturated carbocycles. The number of amides is 1. The van der Waals surface area contributed by atoms with E-state index in [-0.39, 0.29) is 11.9 Å². The van der Waals surface area contributed by atoms with Gasteiger partial charge in [0.15, 0.2) is 0 Å². The molecule has 1 heterocycles. The molecule has 0 radical (unpaired) electrons. The number of halogens is 1. The van der Waals surface area contributed by atoms with E-state index in [4.69, 9.17) is 11.6 Å². The summed E-state index contributed by atoms with van der Waals surface area (Å²) in [6, 6.07) is 1.81. The summed E-state index contributed by atoms with van der Waals surface area (Å²) in [4.78, 5) is 14.8. The average molecular weight is 289 g/mol. The maximum atomic E-state index is 12.0. The van der Waals surface area contributed by atoms with Crippen LogP contribution in [0.5, 0.6) is 0 Å². The lowest BCUT2D eigenvalue weighted by Gasteiger charge is -2.23. The van der Waals surface area contributed by atoms with Crippen LogP contribution in [-0.4, -0.2) is 30.9 Å². The molecule has 1 aromatic rings. The van der Waals surface area contributed by atoms with Crippen LogP contribution < -0.4 is 5.32 Å². The molecule has 0 aliphatic rings. The Balaban J connectivity index is 2.58. The smallest absolute Gasteiger partial charge is 0.239 e. The van der Waals surface area contributed by atoms with Crippen molar-refractivity contribution in [2.75, 3.05) is 14.1 Å². The van der Waals surface area contributed by atoms with Crippen LogP contribution >= 0.6 is 22.9 Å². The number of carbonyl (C=O) groups excluding carboxylic acids is 1. The summed E-state index contributed by atoms with van der Waals surface area (Å²) < 4.78 is 0. The van der Waals surface area contributed by atoms with Gasteiger partial charge in [0.1, 0.15) is 0 Å². The zero-order valence-electron chi connectivity index (χ0n) is 11.4. The molecule has 0 saturated heterocycles. The molecule has 1 N–H and O–H groups in total. The Kier molecular flexibility index (Phi) is 6.12. The fourth-order valence-corrected chi connectivity index (χ4v) is 2.75. The van der Waals surface area contributed by atoms with E-state index in [1.807, 2.05) is 11.4 Å². The van der Waals surface area contributed by atoms with Gasteiger partial charge in [-0.1, -0.05) is 25.4 Å². The quantitative estimate of drug-likeness (QED) is 0.873. The van der Waals surface area contributed by atoms with Crippen LogP contribution in [0.4, 0.5) is 0 Å². The summed E-state index contributed by atoms with van der Waals surface area (Å²) >= 11 is 7.49. The number of hydrogen-bond acceptors (Lipinski definition) is 3. The van der Waals surface area contributed by atoms with Crippen molar-refractivity contribution in [1.29, 1.82) is 0 Å². The zero-order chi connectivity index (χ0) is 13.7. The van der Waals surface area contributed by atoms with E-state index < -0.39 is 0 Å². The largest absolute Gasteiger partial charge is 0.347 e. The number of nitrogens with one attached hydrogen (secondary N) is 1. The van der Waals surface area contributed by atoms with E-state index in [9.17, 15) is 4.79 Å². The predicted octanol–water partition coefficient (Wildman–Crippen LogP) is 2.99. The minimum Gasteiger partial charge on any atom is -0.347 e. The molecular formula is C13H21ClN2OS. The molecule has 18 heavy (non-hydrogen) atoms. The third kappa shape index (κ3) is 4.96. The van der Waals surface area contributed by atoms with Gasteiger partial charge >= 0.3 is 0 Å². The van der Waals surface area contributed by atoms with E-state index in [2.05, 4.69) is 19.2 Å². The second-order valence-corrected chi connectivity index (χ2v) is 6.46. The standard InChI is InChI=1S/C13H21ClN2OS/c1-9(2)5-12(13(17)16(3)4)15-7-11-6-10(14)8-18-11/h6,8-9,12,15H,5,7H2,1-4H3. The second kappa shape index (κ2) is 7.12. The summed E-state index contributed by atoms with van der Waals surface area (Å²) in [5.41, 5.74) is 0. The van der Waals surface area contributed by atoms with Crippen molar-refractivity contribution in [2.45, 2.75) is 32.9 Å². The molecule has 0 aromatic carbocycles. The highest BCUT2D eigenvalue weighted by Crippen LogP contribution is 2.19. The normalized spacial score (nSPS) is 12.8. The lowest BCUT2D eigenvalue weighted by molar-refractivity contribution is -0.131. The van der Waals surface area contributed by atoms with E-state index in [1.54, 1.807) is 30.3 Å². The van der Waals surface area contributed by atoms with E-state index in [0.29, 0.717) is 12.5 Å². The van der Waals surface area contributed by atoms with Crippen LogP contribution in [-0.2, 0) is 11.3 Å². The minimum atomic E-state index is -0.124. The third-order valence-electron chi connectivity index (χ3n) is 2.59. The highest BCUT2D eigenvalue weighted by Gasteiger charge is 2.20. The lowest BCUT2D eigenvalue weighted by Crippen LogP contribution is -2.44. The van der Waals surface area contributed by atoms with Crippen LogP contribution in [0.2, 0.25) is 5.02 Å². The van der Waals surface area contributed by atoms with Gasteiger partial charge in [0.2, 0.25) is 5.91 Å². The number of carbonyl (C=O) groups is 1. The van der Waals surface area contributed by atoms with Gasteiger partial charge in [-0.05, 0) is 18.4 Å². The molecule has 1 amide bonds. The molecule has 102 valence electrons. The van der Waals surface area contributed by atoms with Gasteiger partial charge in [0, 0.05) is 30.9 Å². The Labute approximate surface area is 118 Å². The van der Waals surface area contributed by atoms with Gasteiger partial charge < -0.3 is 10.2 Å². The first-order chi connectivity index (χ1) is 8.40. The highest BCUT2D eigenvalue weighted by atomic mass is 35.5. The van der Waals surface area contributed by atoms with Crippen molar-refractivity contribution in [3.8, 4) is 0 Å². The molecule has 1 unspecified atom stereocenters. The number of hydrogen-bond donors (Lipinski definition) is 1. The van der Waals surface area contributed by atoms with Crippen LogP contribution in [0, 0.1) is 5.92 Å². The van der Waals surface area contributed by atoms with Gasteiger partial charge in [0.25, 0.3) is 0 Å². The van der Waals surface area contributed by atoms with Gasteiger partial charge in [0.05, 0.1) is 11.1 Å². The fraction of sp³-hybridized carbons (Fsp3) is 0.615. The van der Waals surface area contributed by atoms with Crippen molar-refractivity contribution in [3.05, 3.63) is 21.3 Å². The monoisotopic (exact) mass is 288 g/mol. The SMILES string of the molecule is CC(C)CC(NCc1cc(Cl)cs1)C(=O)N(C)C. The first kappa shape index (κ1) is 15.5. The Morgan fingerprint density at radius 1 is 1.50 bits per heavy atom. The summed E-state index contributed by atoms with van der Waals surface area (Å²) in [6.07, 6.45) is 0.843. The maximum Gasteiger partial charge on any atom is 0.239 e. The van der Waals surface area contributed by atoms with Gasteiger partial charge in [-0.25, -0.2) is 0 Å². The number of likely N-dealkylation sites (N-methyl/N-ethyl adjacent to an activating group) is 1. The van der Waals surface area contributed by atoms with E-state index in [1.165, 1.54) is 0 Å². The third-order valence-corrected chi connectivity index (χ3v) is 3.87. The molecule has 0 aliphatic heterocycles. The summed E-state index contributed by atoms with van der Waals surface area (Å²) in [5, 5.41) is 5.99. The van der Waals surface area contributed by atoms with Gasteiger partial charge in [-0.3, -0.25) is 4.79 Å². The molecule has 1 rings (SSSR count). The maximum absolute atomic E-state index is 12.0. The summed E-state index contributed by atoms with van der Waals surface area (Å²) in [6.45, 7) is 4.94. The molecule has 1 atom stereocenters. The van der Waals surface area contributed by atoms with Gasteiger partial charge in [-0.2, -0.15) is 0 Å². The van der Waals surface area contributed by atoms with Crippen LogP contribution in [0.1, 0.15) is 25.1 Å². The molecule has 3 nitrogen and oxygen atoms in total. The molecule has 1 aromatic heterocycles. The van der Waals surface area contributed by atoms with Crippen molar-refractivity contribution in [1.82, 2.24) is 10.2 Å². The summed E-state index contributed by atoms with van der Waals surface area (Å²) in [7, 11) is 3.58. The van der Waals surface area contributed by atoms with Crippen molar-refractivity contribution in [2.24, 2.45) is 5.92 Å². The molecule has 0 bridgehead atoms. The minimum absolute atomic E-state index is 0.124. The van der Waals surface area contributed by atoms with Crippen molar-refractivity contribution >= 4 is 28.8 Å². The first-order valence-corrected chi connectivity index (χ1v) is 7.33. The van der Waals surface area contributed by atoms with Crippen LogP contribution in [0.3, 0.4) is 0 Å². The second-order valence-electron chi connectivity index (χ2n) is 5.03. The number of nitrogens with zero attached hydrogens (tertiary/aromatic N) is 1. The Morgan fingerprint density at radius 2 is 2.17 bits per heavy atom. The van der Waals surface area contributed by atoms with E-state index in [0.717, 1.165) is 16.3 Å². The Hall–Kier alpha value is -0.580. The van der Waals surface area contributed by atoms with Crippen molar-refractivity contribution in [3.63, 3.8) is 0 Å². The number of thiophene rings is 1. The van der Waals surface area contributed by atoms with Crippen LogP contribution in [0.25, 0.3) is 0 Å². The molecular weight excluding hydrogens is 268 g/mol. The Morgan fingerprint density at radius 3 is 2.61 bits per heavy atom. The van der Waals surface area contributed by atoms with Gasteiger partial charge in [-0.15, -0.1) is 11.3 Å². The molecule has 0 aliphatic carbocycles. The predicted molar refractivity (Wildman–Crippen MR) is 78.1 cm³/mol. The zero-order valence-corrected chi connectivity index (χ0v) is 12.9.